The van der Waals surface area contributed by atoms with Gasteiger partial charge in [0, 0.05) is 47.2 Å². The number of alkyl halides is 2. The molecule has 0 unspecified atom stereocenters. The summed E-state index contributed by atoms with van der Waals surface area (Å²) < 4.78 is 40.3. The molecule has 0 spiro atoms. The lowest BCUT2D eigenvalue weighted by atomic mass is 9.91. The van der Waals surface area contributed by atoms with Crippen LogP contribution in [0.2, 0.25) is 0 Å². The van der Waals surface area contributed by atoms with Crippen molar-refractivity contribution in [2.45, 2.75) is 75.2 Å². The molecule has 242 valence electrons. The molecule has 3 fully saturated rings. The van der Waals surface area contributed by atoms with Gasteiger partial charge in [-0.3, -0.25) is 23.9 Å². The van der Waals surface area contributed by atoms with Crippen LogP contribution in [0.25, 0.3) is 10.1 Å². The summed E-state index contributed by atoms with van der Waals surface area (Å²) in [5, 5.41) is 12.1. The maximum atomic E-state index is 14.3. The number of hydrogen-bond donors (Lipinski definition) is 3. The van der Waals surface area contributed by atoms with Crippen molar-refractivity contribution >= 4 is 46.7 Å². The number of halogens is 2. The highest BCUT2D eigenvalue weighted by Gasteiger charge is 2.50. The minimum atomic E-state index is -5.76. The first kappa shape index (κ1) is 32.2. The summed E-state index contributed by atoms with van der Waals surface area (Å²) >= 11 is 1.01. The summed E-state index contributed by atoms with van der Waals surface area (Å²) in [6, 6.07) is 6.74. The highest BCUT2D eigenvalue weighted by Crippen LogP contribution is 2.59. The van der Waals surface area contributed by atoms with Crippen LogP contribution in [0, 0.1) is 18.3 Å². The predicted molar refractivity (Wildman–Crippen MR) is 164 cm³/mol. The third-order valence-electron chi connectivity index (χ3n) is 9.21. The molecule has 0 aliphatic carbocycles. The third-order valence-corrected chi connectivity index (χ3v) is 11.3. The Kier molecular flexibility index (Phi) is 8.48. The first-order valence-corrected chi connectivity index (χ1v) is 17.5. The van der Waals surface area contributed by atoms with Crippen LogP contribution in [0.1, 0.15) is 76.5 Å². The number of nitrogens with zero attached hydrogens (tertiary/aromatic N) is 4. The van der Waals surface area contributed by atoms with Crippen LogP contribution in [-0.2, 0) is 19.8 Å². The molecule has 3 aliphatic heterocycles. The number of aryl methyl sites for hydroxylation is 1. The van der Waals surface area contributed by atoms with Gasteiger partial charge in [0.2, 0.25) is 11.8 Å². The lowest BCUT2D eigenvalue weighted by Crippen LogP contribution is -2.59. The minimum absolute atomic E-state index is 0.0457. The number of benzene rings is 1. The average molecular weight is 672 g/mol. The highest BCUT2D eigenvalue weighted by atomic mass is 32.1. The van der Waals surface area contributed by atoms with E-state index < -0.39 is 36.8 Å². The molecule has 3 aromatic rings. The zero-order valence-corrected chi connectivity index (χ0v) is 26.6. The Morgan fingerprint density at radius 2 is 1.87 bits per heavy atom. The number of rotatable bonds is 6. The van der Waals surface area contributed by atoms with Gasteiger partial charge in [0.05, 0.1) is 10.4 Å². The maximum Gasteiger partial charge on any atom is 0.399 e. The molecular formula is C31H32F2N5O6PS. The van der Waals surface area contributed by atoms with E-state index in [1.807, 2.05) is 6.92 Å². The van der Waals surface area contributed by atoms with Gasteiger partial charge in [0.15, 0.2) is 0 Å². The van der Waals surface area contributed by atoms with Crippen LogP contribution in [0.4, 0.5) is 8.78 Å². The topological polar surface area (TPSA) is 164 Å². The van der Waals surface area contributed by atoms with Crippen molar-refractivity contribution in [3.63, 3.8) is 0 Å². The monoisotopic (exact) mass is 671 g/mol. The first-order chi connectivity index (χ1) is 21.8. The van der Waals surface area contributed by atoms with Crippen LogP contribution >= 0.6 is 18.9 Å². The lowest BCUT2D eigenvalue weighted by molar-refractivity contribution is -0.149. The van der Waals surface area contributed by atoms with E-state index in [0.717, 1.165) is 47.6 Å². The van der Waals surface area contributed by atoms with Gasteiger partial charge in [-0.25, -0.2) is 0 Å². The molecule has 6 rings (SSSR count). The Hall–Kier alpha value is -3.76. The number of hydrogen-bond acceptors (Lipinski definition) is 7. The fraction of sp³-hybridized carbons (Fsp3) is 0.452. The zero-order chi connectivity index (χ0) is 33.0. The second-order valence-electron chi connectivity index (χ2n) is 12.2. The number of carbonyl (C=O) groups excluding carboxylic acids is 3. The summed E-state index contributed by atoms with van der Waals surface area (Å²) in [6.07, 6.45) is 5.44. The van der Waals surface area contributed by atoms with Crippen molar-refractivity contribution in [1.29, 1.82) is 5.26 Å². The third kappa shape index (κ3) is 5.81. The van der Waals surface area contributed by atoms with Crippen molar-refractivity contribution in [3.8, 4) is 6.07 Å². The summed E-state index contributed by atoms with van der Waals surface area (Å²) in [4.78, 5) is 67.1. The van der Waals surface area contributed by atoms with Gasteiger partial charge in [0.25, 0.3) is 5.91 Å². The Labute approximate surface area is 267 Å². The SMILES string of the molecule is Cc1cc(C#N)cnc1C1CN(C(=O)[C@@H]2CC[C@@H]3CCCC[C@H](NC(=O)c4cc5cc(C(F)(F)P(=O)(O)O)ccc5s4)C(=O)N32)C1. The van der Waals surface area contributed by atoms with Crippen molar-refractivity contribution in [3.05, 3.63) is 63.8 Å². The summed E-state index contributed by atoms with van der Waals surface area (Å²) in [6.45, 7) is 2.83. The summed E-state index contributed by atoms with van der Waals surface area (Å²) in [7, 11) is -5.76. The van der Waals surface area contributed by atoms with E-state index in [1.165, 1.54) is 18.3 Å². The van der Waals surface area contributed by atoms with Crippen LogP contribution in [-0.4, -0.2) is 73.5 Å². The molecule has 5 heterocycles. The highest BCUT2D eigenvalue weighted by molar-refractivity contribution is 7.52. The van der Waals surface area contributed by atoms with E-state index >= 15 is 0 Å². The predicted octanol–water partition coefficient (Wildman–Crippen LogP) is 4.36. The molecule has 46 heavy (non-hydrogen) atoms. The van der Waals surface area contributed by atoms with Gasteiger partial charge in [-0.1, -0.05) is 18.9 Å². The minimum Gasteiger partial charge on any atom is -0.340 e. The number of pyridine rings is 1. The molecule has 0 bridgehead atoms. The normalized spacial score (nSPS) is 22.5. The molecule has 3 saturated heterocycles. The number of nitrogens with one attached hydrogen (secondary N) is 1. The molecular weight excluding hydrogens is 639 g/mol. The van der Waals surface area contributed by atoms with Crippen molar-refractivity contribution in [2.75, 3.05) is 13.1 Å². The second kappa shape index (κ2) is 12.1. The molecule has 1 aromatic carbocycles. The standard InChI is InChI=1S/C31H32F2N5O6PS/c1-17-10-18(13-34)14-35-27(17)20-15-37(16-20)30(41)24-8-7-22-4-2-3-5-23(29(40)38(22)24)36-28(39)26-12-19-11-21(6-9-25(19)46-26)31(32,33)45(42,43)44/h6,9-12,14,20,22-24H,2-5,7-8,15-16H2,1H3,(H,36,39)(H2,42,43,44)/t22-,23-,24-/m0/s1. The summed E-state index contributed by atoms with van der Waals surface area (Å²) in [5.41, 5.74) is -3.01. The number of amides is 3. The van der Waals surface area contributed by atoms with E-state index in [4.69, 9.17) is 15.0 Å². The van der Waals surface area contributed by atoms with Crippen LogP contribution in [0.15, 0.2) is 36.5 Å². The molecule has 3 amide bonds. The van der Waals surface area contributed by atoms with Crippen molar-refractivity contribution in [1.82, 2.24) is 20.1 Å². The molecule has 3 aliphatic rings. The van der Waals surface area contributed by atoms with E-state index in [1.54, 1.807) is 15.9 Å². The first-order valence-electron chi connectivity index (χ1n) is 15.0. The van der Waals surface area contributed by atoms with E-state index in [9.17, 15) is 27.7 Å². The number of aromatic nitrogens is 1. The van der Waals surface area contributed by atoms with Crippen molar-refractivity contribution in [2.24, 2.45) is 0 Å². The Balaban J connectivity index is 1.15. The Morgan fingerprint density at radius 1 is 1.13 bits per heavy atom. The van der Waals surface area contributed by atoms with Gasteiger partial charge in [0.1, 0.15) is 18.2 Å². The molecule has 0 saturated carbocycles. The fourth-order valence-corrected chi connectivity index (χ4v) is 8.19. The van der Waals surface area contributed by atoms with Gasteiger partial charge < -0.3 is 24.9 Å². The molecule has 3 N–H and O–H groups in total. The Morgan fingerprint density at radius 3 is 2.57 bits per heavy atom. The van der Waals surface area contributed by atoms with E-state index in [2.05, 4.69) is 16.4 Å². The second-order valence-corrected chi connectivity index (χ2v) is 15.0. The lowest BCUT2D eigenvalue weighted by Gasteiger charge is -2.43. The largest absolute Gasteiger partial charge is 0.399 e. The summed E-state index contributed by atoms with van der Waals surface area (Å²) in [5.74, 6) is -0.973. The number of fused-ring (bicyclic) bond motifs is 2. The number of carbonyl (C=O) groups is 3. The Bertz CT molecular complexity index is 1820. The van der Waals surface area contributed by atoms with E-state index in [0.29, 0.717) is 49.0 Å². The maximum absolute atomic E-state index is 14.3. The number of likely N-dealkylation sites (tertiary alicyclic amines) is 1. The van der Waals surface area contributed by atoms with Crippen LogP contribution < -0.4 is 5.32 Å². The molecule has 15 heteroatoms. The number of thiophene rings is 1. The quantitative estimate of drug-likeness (QED) is 0.326. The molecule has 3 atom stereocenters. The van der Waals surface area contributed by atoms with E-state index in [-0.39, 0.29) is 34.0 Å². The fourth-order valence-electron chi connectivity index (χ4n) is 6.76. The number of nitriles is 1. The van der Waals surface area contributed by atoms with Gasteiger partial charge >= 0.3 is 13.3 Å². The zero-order valence-electron chi connectivity index (χ0n) is 24.9. The van der Waals surface area contributed by atoms with Gasteiger partial charge in [-0.05, 0) is 67.8 Å². The average Bonchev–Trinajstić information content (AvgIpc) is 3.60. The van der Waals surface area contributed by atoms with Crippen LogP contribution in [0.5, 0.6) is 0 Å². The molecule has 2 aromatic heterocycles. The molecule has 0 radical (unpaired) electrons. The van der Waals surface area contributed by atoms with Crippen molar-refractivity contribution < 1.29 is 37.5 Å². The molecule has 11 nitrogen and oxygen atoms in total. The van der Waals surface area contributed by atoms with Crippen LogP contribution in [0.3, 0.4) is 0 Å². The van der Waals surface area contributed by atoms with Gasteiger partial charge in [-0.15, -0.1) is 11.3 Å². The van der Waals surface area contributed by atoms with Gasteiger partial charge in [-0.2, -0.15) is 14.0 Å². The smallest absolute Gasteiger partial charge is 0.340 e.